The summed E-state index contributed by atoms with van der Waals surface area (Å²) in [7, 11) is 0. The topological polar surface area (TPSA) is 17.8 Å². The van der Waals surface area contributed by atoms with Gasteiger partial charge < -0.3 is 0 Å². The van der Waals surface area contributed by atoms with Gasteiger partial charge >= 0.3 is 0 Å². The Hall–Kier alpha value is -1.87. The highest BCUT2D eigenvalue weighted by molar-refractivity contribution is 6.20. The molecule has 108 valence electrons. The van der Waals surface area contributed by atoms with E-state index in [0.717, 1.165) is 17.0 Å². The molecule has 0 amide bonds. The van der Waals surface area contributed by atoms with Gasteiger partial charge in [0.05, 0.1) is 16.4 Å². The normalized spacial score (nSPS) is 12.8. The molecule has 0 aliphatic heterocycles. The van der Waals surface area contributed by atoms with Crippen LogP contribution in [-0.2, 0) is 0 Å². The lowest BCUT2D eigenvalue weighted by Crippen LogP contribution is -2.02. The highest BCUT2D eigenvalue weighted by Crippen LogP contribution is 2.29. The first kappa shape index (κ1) is 14.1. The van der Waals surface area contributed by atoms with E-state index in [-0.39, 0.29) is 11.2 Å². The summed E-state index contributed by atoms with van der Waals surface area (Å²) in [5.41, 5.74) is 4.91. The summed E-state index contributed by atoms with van der Waals surface area (Å²) in [6.45, 7) is 6.02. The van der Waals surface area contributed by atoms with Crippen molar-refractivity contribution in [3.05, 3.63) is 59.2 Å². The summed E-state index contributed by atoms with van der Waals surface area (Å²) in [5.74, 6) is 0.432. The molecule has 0 radical (unpaired) electrons. The fourth-order valence-electron chi connectivity index (χ4n) is 2.47. The zero-order valence-corrected chi connectivity index (χ0v) is 12.9. The Morgan fingerprint density at radius 1 is 1.10 bits per heavy atom. The zero-order chi connectivity index (χ0) is 15.1. The van der Waals surface area contributed by atoms with Crippen LogP contribution in [-0.4, -0.2) is 9.55 Å². The first-order valence-corrected chi connectivity index (χ1v) is 7.30. The molecule has 2 nitrogen and oxygen atoms in total. The van der Waals surface area contributed by atoms with Crippen LogP contribution in [0, 0.1) is 19.7 Å². The van der Waals surface area contributed by atoms with Gasteiger partial charge in [0.15, 0.2) is 0 Å². The highest BCUT2D eigenvalue weighted by Gasteiger charge is 2.17. The number of alkyl halides is 1. The lowest BCUT2D eigenvalue weighted by molar-refractivity contribution is 0.629. The first-order chi connectivity index (χ1) is 9.97. The van der Waals surface area contributed by atoms with Crippen LogP contribution in [0.25, 0.3) is 16.7 Å². The third-order valence-electron chi connectivity index (χ3n) is 3.75. The van der Waals surface area contributed by atoms with E-state index in [0.29, 0.717) is 5.52 Å². The third kappa shape index (κ3) is 2.42. The Bertz CT molecular complexity index is 821. The summed E-state index contributed by atoms with van der Waals surface area (Å²) >= 11 is 6.26. The molecule has 1 atom stereocenters. The van der Waals surface area contributed by atoms with Gasteiger partial charge in [-0.2, -0.15) is 0 Å². The third-order valence-corrected chi connectivity index (χ3v) is 3.94. The van der Waals surface area contributed by atoms with Crippen LogP contribution in [0.1, 0.15) is 29.3 Å². The van der Waals surface area contributed by atoms with E-state index < -0.39 is 0 Å². The van der Waals surface area contributed by atoms with E-state index in [2.05, 4.69) is 31.0 Å². The summed E-state index contributed by atoms with van der Waals surface area (Å²) < 4.78 is 15.4. The van der Waals surface area contributed by atoms with Gasteiger partial charge in [0.1, 0.15) is 11.6 Å². The van der Waals surface area contributed by atoms with Crippen LogP contribution in [0.4, 0.5) is 4.39 Å². The molecule has 0 saturated heterocycles. The summed E-state index contributed by atoms with van der Waals surface area (Å²) in [6.07, 6.45) is 0. The number of rotatable bonds is 2. The molecule has 2 aromatic carbocycles. The first-order valence-electron chi connectivity index (χ1n) is 6.87. The second-order valence-corrected chi connectivity index (χ2v) is 5.98. The minimum Gasteiger partial charge on any atom is -0.295 e. The molecule has 4 heteroatoms. The Morgan fingerprint density at radius 2 is 1.86 bits per heavy atom. The highest BCUT2D eigenvalue weighted by atomic mass is 35.5. The van der Waals surface area contributed by atoms with Crippen molar-refractivity contribution in [2.75, 3.05) is 0 Å². The number of hydrogen-bond donors (Lipinski definition) is 0. The van der Waals surface area contributed by atoms with Crippen molar-refractivity contribution in [3.63, 3.8) is 0 Å². The fourth-order valence-corrected chi connectivity index (χ4v) is 2.62. The van der Waals surface area contributed by atoms with Gasteiger partial charge in [0, 0.05) is 11.8 Å². The molecular weight excluding hydrogens is 287 g/mol. The SMILES string of the molecule is Cc1ccc(-n2c(C(C)Cl)nc3cc(F)ccc32)cc1C. The van der Waals surface area contributed by atoms with Crippen LogP contribution in [0.2, 0.25) is 0 Å². The molecule has 1 aromatic heterocycles. The van der Waals surface area contributed by atoms with Crippen LogP contribution in [0.15, 0.2) is 36.4 Å². The molecular formula is C17H16ClFN2. The van der Waals surface area contributed by atoms with E-state index in [4.69, 9.17) is 11.6 Å². The number of imidazole rings is 1. The average molecular weight is 303 g/mol. The smallest absolute Gasteiger partial charge is 0.132 e. The van der Waals surface area contributed by atoms with Crippen LogP contribution in [0.3, 0.4) is 0 Å². The molecule has 0 N–H and O–H groups in total. The molecule has 3 rings (SSSR count). The van der Waals surface area contributed by atoms with Gasteiger partial charge in [0.2, 0.25) is 0 Å². The van der Waals surface area contributed by atoms with Crippen molar-refractivity contribution in [2.45, 2.75) is 26.1 Å². The summed E-state index contributed by atoms with van der Waals surface area (Å²) in [4.78, 5) is 4.49. The number of aryl methyl sites for hydroxylation is 2. The Kier molecular flexibility index (Phi) is 3.46. The molecule has 0 aliphatic carbocycles. The Balaban J connectivity index is 2.33. The average Bonchev–Trinajstić information content (AvgIpc) is 2.80. The van der Waals surface area contributed by atoms with Gasteiger partial charge in [-0.25, -0.2) is 9.37 Å². The lowest BCUT2D eigenvalue weighted by Gasteiger charge is -2.12. The molecule has 0 saturated carbocycles. The molecule has 1 unspecified atom stereocenters. The summed E-state index contributed by atoms with van der Waals surface area (Å²) in [6, 6.07) is 10.8. The predicted molar refractivity (Wildman–Crippen MR) is 84.8 cm³/mol. The number of fused-ring (bicyclic) bond motifs is 1. The maximum absolute atomic E-state index is 13.4. The predicted octanol–water partition coefficient (Wildman–Crippen LogP) is 5.08. The fraction of sp³-hybridized carbons (Fsp3) is 0.235. The van der Waals surface area contributed by atoms with Crippen molar-refractivity contribution in [1.29, 1.82) is 0 Å². The number of aromatic nitrogens is 2. The van der Waals surface area contributed by atoms with E-state index in [1.807, 2.05) is 17.6 Å². The summed E-state index contributed by atoms with van der Waals surface area (Å²) in [5, 5.41) is -0.262. The number of benzene rings is 2. The minimum atomic E-state index is -0.291. The molecule has 0 aliphatic rings. The molecule has 1 heterocycles. The van der Waals surface area contributed by atoms with Gasteiger partial charge in [-0.15, -0.1) is 11.6 Å². The van der Waals surface area contributed by atoms with Crippen LogP contribution in [0.5, 0.6) is 0 Å². The van der Waals surface area contributed by atoms with Gasteiger partial charge in [0.25, 0.3) is 0 Å². The Labute approximate surface area is 128 Å². The monoisotopic (exact) mass is 302 g/mol. The van der Waals surface area contributed by atoms with Crippen LogP contribution < -0.4 is 0 Å². The number of hydrogen-bond acceptors (Lipinski definition) is 1. The van der Waals surface area contributed by atoms with Gasteiger partial charge in [-0.1, -0.05) is 6.07 Å². The number of halogens is 2. The van der Waals surface area contributed by atoms with E-state index in [9.17, 15) is 4.39 Å². The van der Waals surface area contributed by atoms with Crippen molar-refractivity contribution < 1.29 is 4.39 Å². The van der Waals surface area contributed by atoms with E-state index in [1.165, 1.54) is 23.3 Å². The van der Waals surface area contributed by atoms with E-state index >= 15 is 0 Å². The van der Waals surface area contributed by atoms with Crippen LogP contribution >= 0.6 is 11.6 Å². The molecule has 0 bridgehead atoms. The van der Waals surface area contributed by atoms with Crippen molar-refractivity contribution in [1.82, 2.24) is 9.55 Å². The second kappa shape index (κ2) is 5.15. The van der Waals surface area contributed by atoms with Gasteiger partial charge in [-0.3, -0.25) is 4.57 Å². The standard InChI is InChI=1S/C17H16ClFN2/c1-10-4-6-14(8-11(10)2)21-16-7-5-13(19)9-15(16)20-17(21)12(3)18/h4-9,12H,1-3H3. The van der Waals surface area contributed by atoms with E-state index in [1.54, 1.807) is 6.07 Å². The molecule has 0 fully saturated rings. The lowest BCUT2D eigenvalue weighted by atomic mass is 10.1. The van der Waals surface area contributed by atoms with Crippen molar-refractivity contribution in [3.8, 4) is 5.69 Å². The van der Waals surface area contributed by atoms with Crippen molar-refractivity contribution in [2.24, 2.45) is 0 Å². The Morgan fingerprint density at radius 3 is 2.52 bits per heavy atom. The second-order valence-electron chi connectivity index (χ2n) is 5.32. The van der Waals surface area contributed by atoms with Gasteiger partial charge in [-0.05, 0) is 56.2 Å². The largest absolute Gasteiger partial charge is 0.295 e. The zero-order valence-electron chi connectivity index (χ0n) is 12.2. The molecule has 3 aromatic rings. The molecule has 21 heavy (non-hydrogen) atoms. The quantitative estimate of drug-likeness (QED) is 0.604. The number of nitrogens with zero attached hydrogens (tertiary/aromatic N) is 2. The van der Waals surface area contributed by atoms with Crippen molar-refractivity contribution >= 4 is 22.6 Å². The molecule has 0 spiro atoms. The minimum absolute atomic E-state index is 0.262. The maximum Gasteiger partial charge on any atom is 0.132 e. The maximum atomic E-state index is 13.4.